The van der Waals surface area contributed by atoms with Crippen LogP contribution >= 0.6 is 0 Å². The number of nitro groups is 1. The van der Waals surface area contributed by atoms with E-state index in [1.807, 2.05) is 18.2 Å². The molecular formula is C12H9HgNO3. The van der Waals surface area contributed by atoms with Gasteiger partial charge in [-0.2, -0.15) is 0 Å². The molecule has 0 amide bonds. The van der Waals surface area contributed by atoms with Crippen LogP contribution in [0.4, 0.5) is 5.69 Å². The van der Waals surface area contributed by atoms with E-state index in [1.54, 1.807) is 12.1 Å². The standard InChI is InChI=1S/C6H5NO3.C6H5.Hg/c8-6-3-1-5(2-4-6)7(9)10;1-2-4-6-5-3-1;/h1-4,8H;1-5H;/q;;+1/p-1. The molecule has 0 N–H and O–H groups in total. The van der Waals surface area contributed by atoms with Gasteiger partial charge in [0, 0.05) is 0 Å². The molecule has 82 valence electrons. The Balaban J connectivity index is 1.98. The molecule has 0 saturated heterocycles. The molecule has 0 fully saturated rings. The van der Waals surface area contributed by atoms with E-state index in [0.717, 1.165) is 5.75 Å². The van der Waals surface area contributed by atoms with Crippen molar-refractivity contribution in [1.82, 2.24) is 0 Å². The Morgan fingerprint density at radius 3 is 2.24 bits per heavy atom. The van der Waals surface area contributed by atoms with Gasteiger partial charge in [-0.15, -0.1) is 0 Å². The van der Waals surface area contributed by atoms with Crippen molar-refractivity contribution in [2.75, 3.05) is 0 Å². The van der Waals surface area contributed by atoms with E-state index in [2.05, 4.69) is 12.1 Å². The zero-order valence-corrected chi connectivity index (χ0v) is 14.6. The third-order valence-corrected chi connectivity index (χ3v) is 7.28. The van der Waals surface area contributed by atoms with Crippen molar-refractivity contribution in [3.63, 3.8) is 0 Å². The fourth-order valence-corrected chi connectivity index (χ4v) is 5.26. The summed E-state index contributed by atoms with van der Waals surface area (Å²) in [5, 5.41) is 10.5. The molecule has 2 aromatic rings. The Bertz CT molecular complexity index is 499. The second kappa shape index (κ2) is 5.77. The average Bonchev–Trinajstić information content (AvgIpc) is 2.38. The molecule has 0 atom stereocenters. The summed E-state index contributed by atoms with van der Waals surface area (Å²) in [4.78, 5) is 10.1. The van der Waals surface area contributed by atoms with Gasteiger partial charge in [-0.05, 0) is 0 Å². The minimum atomic E-state index is -1.57. The maximum absolute atomic E-state index is 10.5. The Labute approximate surface area is 111 Å². The second-order valence-corrected chi connectivity index (χ2v) is 8.94. The molecule has 0 heterocycles. The molecule has 2 aromatic carbocycles. The van der Waals surface area contributed by atoms with Gasteiger partial charge >= 0.3 is 112 Å². The predicted octanol–water partition coefficient (Wildman–Crippen LogP) is 2.30. The van der Waals surface area contributed by atoms with Gasteiger partial charge in [0.1, 0.15) is 0 Å². The van der Waals surface area contributed by atoms with Gasteiger partial charge in [0.15, 0.2) is 0 Å². The van der Waals surface area contributed by atoms with Gasteiger partial charge in [-0.25, -0.2) is 0 Å². The number of non-ortho nitro benzene ring substituents is 1. The molecule has 5 heteroatoms. The van der Waals surface area contributed by atoms with E-state index < -0.39 is 30.0 Å². The summed E-state index contributed by atoms with van der Waals surface area (Å²) in [7, 11) is 0. The third-order valence-electron chi connectivity index (χ3n) is 2.30. The molecule has 0 aliphatic rings. The molecule has 0 spiro atoms. The fraction of sp³-hybridized carbons (Fsp3) is 0. The van der Waals surface area contributed by atoms with Crippen LogP contribution in [0.25, 0.3) is 0 Å². The van der Waals surface area contributed by atoms with Crippen molar-refractivity contribution in [2.45, 2.75) is 0 Å². The van der Waals surface area contributed by atoms with Crippen molar-refractivity contribution in [3.05, 3.63) is 64.7 Å². The Morgan fingerprint density at radius 1 is 1.00 bits per heavy atom. The van der Waals surface area contributed by atoms with E-state index in [-0.39, 0.29) is 5.69 Å². The first kappa shape index (κ1) is 12.0. The van der Waals surface area contributed by atoms with Crippen molar-refractivity contribution in [2.24, 2.45) is 0 Å². The summed E-state index contributed by atoms with van der Waals surface area (Å²) in [6.45, 7) is 0. The Morgan fingerprint density at radius 2 is 1.65 bits per heavy atom. The molecule has 2 rings (SSSR count). The van der Waals surface area contributed by atoms with Crippen LogP contribution in [0.3, 0.4) is 0 Å². The zero-order chi connectivity index (χ0) is 12.1. The number of nitrogens with zero attached hydrogens (tertiary/aromatic N) is 1. The fourth-order valence-electron chi connectivity index (χ4n) is 1.40. The van der Waals surface area contributed by atoms with E-state index >= 15 is 0 Å². The zero-order valence-electron chi connectivity index (χ0n) is 9.08. The van der Waals surface area contributed by atoms with Crippen molar-refractivity contribution < 1.29 is 32.6 Å². The van der Waals surface area contributed by atoms with Crippen LogP contribution in [0.1, 0.15) is 0 Å². The number of benzene rings is 2. The Kier molecular flexibility index (Phi) is 4.09. The van der Waals surface area contributed by atoms with Gasteiger partial charge in [-0.3, -0.25) is 0 Å². The van der Waals surface area contributed by atoms with E-state index in [9.17, 15) is 10.1 Å². The summed E-state index contributed by atoms with van der Waals surface area (Å²) in [5.74, 6) is 0.723. The number of hydrogen-bond acceptors (Lipinski definition) is 3. The molecule has 0 bridgehead atoms. The first-order valence-electron chi connectivity index (χ1n) is 5.17. The Hall–Kier alpha value is -1.42. The van der Waals surface area contributed by atoms with Crippen LogP contribution in [-0.2, 0) is 25.0 Å². The summed E-state index contributed by atoms with van der Waals surface area (Å²) >= 11 is -1.57. The number of nitro benzene ring substituents is 1. The molecular weight excluding hydrogens is 407 g/mol. The van der Waals surface area contributed by atoms with E-state index in [0.29, 0.717) is 0 Å². The average molecular weight is 416 g/mol. The molecule has 17 heavy (non-hydrogen) atoms. The molecule has 0 aliphatic carbocycles. The van der Waals surface area contributed by atoms with Crippen LogP contribution in [0.2, 0.25) is 0 Å². The van der Waals surface area contributed by atoms with Crippen LogP contribution in [-0.4, -0.2) is 4.92 Å². The minimum absolute atomic E-state index is 0.0914. The van der Waals surface area contributed by atoms with Gasteiger partial charge in [0.2, 0.25) is 0 Å². The van der Waals surface area contributed by atoms with Gasteiger partial charge in [0.25, 0.3) is 0 Å². The third kappa shape index (κ3) is 3.52. The second-order valence-electron chi connectivity index (χ2n) is 3.53. The normalized spacial score (nSPS) is 9.41. The summed E-state index contributed by atoms with van der Waals surface area (Å²) < 4.78 is 7.01. The summed E-state index contributed by atoms with van der Waals surface area (Å²) in [5.41, 5.74) is 0.0914. The van der Waals surface area contributed by atoms with Crippen molar-refractivity contribution in [3.8, 4) is 5.75 Å². The quantitative estimate of drug-likeness (QED) is 0.437. The number of rotatable bonds is 4. The van der Waals surface area contributed by atoms with Crippen LogP contribution in [0, 0.1) is 10.1 Å². The summed E-state index contributed by atoms with van der Waals surface area (Å²) in [6, 6.07) is 16.3. The first-order chi connectivity index (χ1) is 8.25. The molecule has 0 radical (unpaired) electrons. The summed E-state index contributed by atoms with van der Waals surface area (Å²) in [6.07, 6.45) is 0. The molecule has 4 nitrogen and oxygen atoms in total. The number of hydrogen-bond donors (Lipinski definition) is 0. The van der Waals surface area contributed by atoms with E-state index in [1.165, 1.54) is 15.2 Å². The van der Waals surface area contributed by atoms with Gasteiger partial charge in [0.05, 0.1) is 0 Å². The van der Waals surface area contributed by atoms with Crippen molar-refractivity contribution in [1.29, 1.82) is 0 Å². The monoisotopic (exact) mass is 417 g/mol. The van der Waals surface area contributed by atoms with Crippen molar-refractivity contribution >= 4 is 8.76 Å². The maximum atomic E-state index is 10.5. The van der Waals surface area contributed by atoms with Crippen LogP contribution in [0.5, 0.6) is 5.75 Å². The van der Waals surface area contributed by atoms with Gasteiger partial charge < -0.3 is 0 Å². The topological polar surface area (TPSA) is 52.4 Å². The molecule has 0 aliphatic heterocycles. The predicted molar refractivity (Wildman–Crippen MR) is 59.8 cm³/mol. The molecule has 0 saturated carbocycles. The molecule has 0 unspecified atom stereocenters. The molecule has 0 aromatic heterocycles. The van der Waals surface area contributed by atoms with Crippen LogP contribution < -0.4 is 5.72 Å². The van der Waals surface area contributed by atoms with E-state index in [4.69, 9.17) is 2.64 Å². The van der Waals surface area contributed by atoms with Gasteiger partial charge in [-0.1, -0.05) is 0 Å². The van der Waals surface area contributed by atoms with Crippen LogP contribution in [0.15, 0.2) is 54.6 Å². The first-order valence-corrected chi connectivity index (χ1v) is 10.2. The SMILES string of the molecule is O=[N+]([O-])c1ccc([O][Hg][c]2ccccc2)cc1.